The molecule has 1 aromatic rings. The van der Waals surface area contributed by atoms with E-state index in [1.807, 2.05) is 0 Å². The Bertz CT molecular complexity index is 450. The number of nitrogens with one attached hydrogen (secondary N) is 1. The van der Waals surface area contributed by atoms with E-state index in [0.717, 1.165) is 4.90 Å². The van der Waals surface area contributed by atoms with Gasteiger partial charge in [-0.15, -0.1) is 0 Å². The first-order valence-corrected chi connectivity index (χ1v) is 6.53. The molecule has 4 nitrogen and oxygen atoms in total. The van der Waals surface area contributed by atoms with Crippen molar-refractivity contribution >= 4 is 11.7 Å². The molecule has 0 aromatic carbocycles. The molecule has 1 atom stereocenters. The zero-order chi connectivity index (χ0) is 14.6. The van der Waals surface area contributed by atoms with Crippen molar-refractivity contribution in [3.8, 4) is 0 Å². The minimum Gasteiger partial charge on any atom is -0.312 e. The fraction of sp³-hybridized carbons (Fsp3) is 0.538. The number of hydrogen-bond donors (Lipinski definition) is 1. The number of carbonyl (C=O) groups is 1. The molecule has 1 aliphatic heterocycles. The minimum atomic E-state index is -4.39. The van der Waals surface area contributed by atoms with E-state index in [-0.39, 0.29) is 13.0 Å². The molecular weight excluding hydrogens is 271 g/mol. The van der Waals surface area contributed by atoms with Gasteiger partial charge in [-0.1, -0.05) is 12.8 Å². The van der Waals surface area contributed by atoms with E-state index in [0.29, 0.717) is 24.9 Å². The number of alkyl halides is 3. The van der Waals surface area contributed by atoms with E-state index in [2.05, 4.69) is 10.3 Å². The van der Waals surface area contributed by atoms with Gasteiger partial charge >= 0.3 is 12.2 Å². The van der Waals surface area contributed by atoms with Crippen LogP contribution >= 0.6 is 0 Å². The Morgan fingerprint density at radius 2 is 1.95 bits per heavy atom. The smallest absolute Gasteiger partial charge is 0.312 e. The third kappa shape index (κ3) is 3.61. The normalized spacial score (nSPS) is 20.4. The first-order chi connectivity index (χ1) is 9.48. The maximum atomic E-state index is 13.0. The second kappa shape index (κ2) is 6.11. The molecule has 1 fully saturated rings. The van der Waals surface area contributed by atoms with Crippen LogP contribution in [0.5, 0.6) is 0 Å². The molecule has 0 spiro atoms. The molecule has 0 radical (unpaired) electrons. The van der Waals surface area contributed by atoms with Gasteiger partial charge in [-0.2, -0.15) is 13.2 Å². The van der Waals surface area contributed by atoms with Crippen LogP contribution in [0.25, 0.3) is 0 Å². The summed E-state index contributed by atoms with van der Waals surface area (Å²) in [6, 6.07) is 0.670. The number of nitrogens with zero attached hydrogens (tertiary/aromatic N) is 2. The molecule has 1 aromatic heterocycles. The van der Waals surface area contributed by atoms with Crippen molar-refractivity contribution in [2.24, 2.45) is 0 Å². The number of aromatic nitrogens is 1. The zero-order valence-electron chi connectivity index (χ0n) is 10.9. The Kier molecular flexibility index (Phi) is 4.46. The van der Waals surface area contributed by atoms with Gasteiger partial charge < -0.3 is 10.2 Å². The summed E-state index contributed by atoms with van der Waals surface area (Å²) in [4.78, 5) is 16.8. The van der Waals surface area contributed by atoms with Crippen molar-refractivity contribution in [1.29, 1.82) is 0 Å². The highest BCUT2D eigenvalue weighted by molar-refractivity contribution is 5.89. The highest BCUT2D eigenvalue weighted by atomic mass is 19.4. The summed E-state index contributed by atoms with van der Waals surface area (Å²) in [6.07, 6.45) is 0.316. The number of hydrogen-bond acceptors (Lipinski definition) is 2. The van der Waals surface area contributed by atoms with Crippen LogP contribution in [0.2, 0.25) is 0 Å². The number of anilines is 1. The maximum Gasteiger partial charge on any atom is 0.408 e. The van der Waals surface area contributed by atoms with Crippen LogP contribution in [-0.4, -0.2) is 34.7 Å². The molecule has 7 heteroatoms. The fourth-order valence-electron chi connectivity index (χ4n) is 2.32. The average molecular weight is 287 g/mol. The molecule has 1 saturated heterocycles. The second-order valence-corrected chi connectivity index (χ2v) is 4.77. The van der Waals surface area contributed by atoms with Gasteiger partial charge in [0.05, 0.1) is 0 Å². The third-order valence-corrected chi connectivity index (χ3v) is 3.32. The molecule has 110 valence electrons. The van der Waals surface area contributed by atoms with Crippen LogP contribution in [0.15, 0.2) is 24.5 Å². The number of halogens is 3. The zero-order valence-corrected chi connectivity index (χ0v) is 10.9. The van der Waals surface area contributed by atoms with Crippen molar-refractivity contribution in [2.45, 2.75) is 37.9 Å². The van der Waals surface area contributed by atoms with Crippen molar-refractivity contribution in [2.75, 3.05) is 11.9 Å². The Hall–Kier alpha value is -1.79. The topological polar surface area (TPSA) is 45.2 Å². The Balaban J connectivity index is 2.12. The monoisotopic (exact) mass is 287 g/mol. The molecule has 1 unspecified atom stereocenters. The molecule has 2 heterocycles. The molecular formula is C13H16F3N3O. The van der Waals surface area contributed by atoms with Crippen LogP contribution < -0.4 is 5.32 Å². The first-order valence-electron chi connectivity index (χ1n) is 6.53. The van der Waals surface area contributed by atoms with Gasteiger partial charge in [0.1, 0.15) is 6.04 Å². The molecule has 2 amide bonds. The predicted molar refractivity (Wildman–Crippen MR) is 68.3 cm³/mol. The van der Waals surface area contributed by atoms with Crippen molar-refractivity contribution in [3.63, 3.8) is 0 Å². The van der Waals surface area contributed by atoms with Gasteiger partial charge in [-0.3, -0.25) is 4.98 Å². The lowest BCUT2D eigenvalue weighted by Crippen LogP contribution is -2.50. The van der Waals surface area contributed by atoms with Crippen LogP contribution in [0.4, 0.5) is 23.7 Å². The number of pyridine rings is 1. The van der Waals surface area contributed by atoms with Gasteiger partial charge in [0.25, 0.3) is 0 Å². The molecule has 0 aliphatic carbocycles. The van der Waals surface area contributed by atoms with E-state index in [1.165, 1.54) is 24.5 Å². The largest absolute Gasteiger partial charge is 0.408 e. The van der Waals surface area contributed by atoms with Crippen molar-refractivity contribution in [1.82, 2.24) is 9.88 Å². The Morgan fingerprint density at radius 1 is 1.25 bits per heavy atom. The van der Waals surface area contributed by atoms with Crippen LogP contribution in [0.3, 0.4) is 0 Å². The standard InChI is InChI=1S/C13H16F3N3O/c14-13(15,16)11-4-2-1-3-9-19(11)12(20)18-10-5-7-17-8-6-10/h5-8,11H,1-4,9H2,(H,17,18,20). The maximum absolute atomic E-state index is 13.0. The SMILES string of the molecule is O=C(Nc1ccncc1)N1CCCCCC1C(F)(F)F. The number of rotatable bonds is 1. The van der Waals surface area contributed by atoms with Gasteiger partial charge in [0.15, 0.2) is 0 Å². The summed E-state index contributed by atoms with van der Waals surface area (Å²) in [5.74, 6) is 0. The van der Waals surface area contributed by atoms with Crippen molar-refractivity contribution < 1.29 is 18.0 Å². The Morgan fingerprint density at radius 3 is 2.60 bits per heavy atom. The highest BCUT2D eigenvalue weighted by Crippen LogP contribution is 2.31. The summed E-state index contributed by atoms with van der Waals surface area (Å²) in [6.45, 7) is 0.126. The first kappa shape index (κ1) is 14.6. The quantitative estimate of drug-likeness (QED) is 0.860. The summed E-state index contributed by atoms with van der Waals surface area (Å²) in [7, 11) is 0. The molecule has 0 saturated carbocycles. The third-order valence-electron chi connectivity index (χ3n) is 3.32. The van der Waals surface area contributed by atoms with E-state index >= 15 is 0 Å². The molecule has 1 aliphatic rings. The number of urea groups is 1. The second-order valence-electron chi connectivity index (χ2n) is 4.77. The van der Waals surface area contributed by atoms with E-state index < -0.39 is 18.2 Å². The van der Waals surface area contributed by atoms with Gasteiger partial charge in [-0.05, 0) is 25.0 Å². The van der Waals surface area contributed by atoms with E-state index in [4.69, 9.17) is 0 Å². The summed E-state index contributed by atoms with van der Waals surface area (Å²) >= 11 is 0. The molecule has 2 rings (SSSR count). The van der Waals surface area contributed by atoms with Gasteiger partial charge in [-0.25, -0.2) is 4.79 Å². The number of likely N-dealkylation sites (tertiary alicyclic amines) is 1. The number of amides is 2. The van der Waals surface area contributed by atoms with Crippen LogP contribution in [-0.2, 0) is 0 Å². The van der Waals surface area contributed by atoms with Crippen LogP contribution in [0.1, 0.15) is 25.7 Å². The summed E-state index contributed by atoms with van der Waals surface area (Å²) in [5, 5.41) is 2.49. The number of carbonyl (C=O) groups excluding carboxylic acids is 1. The minimum absolute atomic E-state index is 0.0345. The predicted octanol–water partition coefficient (Wildman–Crippen LogP) is 3.42. The van der Waals surface area contributed by atoms with Gasteiger partial charge in [0, 0.05) is 24.6 Å². The highest BCUT2D eigenvalue weighted by Gasteiger charge is 2.45. The molecule has 0 bridgehead atoms. The summed E-state index contributed by atoms with van der Waals surface area (Å²) in [5.41, 5.74) is 0.440. The van der Waals surface area contributed by atoms with Crippen molar-refractivity contribution in [3.05, 3.63) is 24.5 Å². The van der Waals surface area contributed by atoms with Crippen LogP contribution in [0, 0.1) is 0 Å². The van der Waals surface area contributed by atoms with E-state index in [1.54, 1.807) is 0 Å². The summed E-state index contributed by atoms with van der Waals surface area (Å²) < 4.78 is 39.1. The van der Waals surface area contributed by atoms with E-state index in [9.17, 15) is 18.0 Å². The lowest BCUT2D eigenvalue weighted by Gasteiger charge is -2.31. The average Bonchev–Trinajstić information content (AvgIpc) is 2.65. The lowest BCUT2D eigenvalue weighted by atomic mass is 10.1. The lowest BCUT2D eigenvalue weighted by molar-refractivity contribution is -0.175. The molecule has 1 N–H and O–H groups in total. The molecule has 20 heavy (non-hydrogen) atoms. The Labute approximate surface area is 115 Å². The fourth-order valence-corrected chi connectivity index (χ4v) is 2.32. The van der Waals surface area contributed by atoms with Gasteiger partial charge in [0.2, 0.25) is 0 Å².